The van der Waals surface area contributed by atoms with Gasteiger partial charge in [0.1, 0.15) is 0 Å². The molecule has 0 N–H and O–H groups in total. The van der Waals surface area contributed by atoms with Gasteiger partial charge in [-0.25, -0.2) is 0 Å². The highest BCUT2D eigenvalue weighted by molar-refractivity contribution is 5.02. The minimum atomic E-state index is 0.829. The second-order valence-electron chi connectivity index (χ2n) is 4.91. The fourth-order valence-corrected chi connectivity index (χ4v) is 4.22. The molecule has 3 rings (SSSR count). The molecular weight excluding hydrogens is 132 g/mol. The van der Waals surface area contributed by atoms with E-state index < -0.39 is 0 Å². The van der Waals surface area contributed by atoms with Gasteiger partial charge in [0, 0.05) is 0 Å². The fourth-order valence-electron chi connectivity index (χ4n) is 4.22. The molecule has 3 fully saturated rings. The largest absolute Gasteiger partial charge is 0.0499 e. The lowest BCUT2D eigenvalue weighted by molar-refractivity contribution is 0.232. The van der Waals surface area contributed by atoms with Crippen LogP contribution in [0, 0.1) is 36.5 Å². The Bertz CT molecular complexity index is 173. The summed E-state index contributed by atoms with van der Waals surface area (Å²) in [5.74, 6) is 5.26. The van der Waals surface area contributed by atoms with Gasteiger partial charge in [-0.15, -0.1) is 0 Å². The Kier molecular flexibility index (Phi) is 1.20. The van der Waals surface area contributed by atoms with Crippen molar-refractivity contribution in [3.8, 4) is 0 Å². The number of rotatable bonds is 0. The zero-order valence-electron chi connectivity index (χ0n) is 7.13. The van der Waals surface area contributed by atoms with Crippen LogP contribution in [0.15, 0.2) is 0 Å². The van der Waals surface area contributed by atoms with Crippen LogP contribution in [0.4, 0.5) is 0 Å². The average molecular weight is 149 g/mol. The molecule has 0 aromatic carbocycles. The Morgan fingerprint density at radius 1 is 0.909 bits per heavy atom. The van der Waals surface area contributed by atoms with E-state index in [9.17, 15) is 0 Å². The highest BCUT2D eigenvalue weighted by atomic mass is 14.6. The summed E-state index contributed by atoms with van der Waals surface area (Å²) in [6, 6.07) is 0. The summed E-state index contributed by atoms with van der Waals surface area (Å²) in [6.45, 7) is 4.30. The van der Waals surface area contributed by atoms with Crippen molar-refractivity contribution >= 4 is 0 Å². The lowest BCUT2D eigenvalue weighted by Gasteiger charge is -2.26. The normalized spacial score (nSPS) is 60.3. The molecule has 61 valence electrons. The van der Waals surface area contributed by atoms with Gasteiger partial charge in [0.15, 0.2) is 0 Å². The van der Waals surface area contributed by atoms with Gasteiger partial charge in [0.05, 0.1) is 0 Å². The lowest BCUT2D eigenvalue weighted by Crippen LogP contribution is -2.20. The molecule has 11 heavy (non-hydrogen) atoms. The van der Waals surface area contributed by atoms with Gasteiger partial charge >= 0.3 is 0 Å². The molecule has 0 saturated heterocycles. The van der Waals surface area contributed by atoms with E-state index in [-0.39, 0.29) is 0 Å². The molecule has 5 unspecified atom stereocenters. The van der Waals surface area contributed by atoms with E-state index in [0.29, 0.717) is 0 Å². The molecule has 0 aliphatic heterocycles. The molecule has 3 aliphatic rings. The molecule has 0 aromatic rings. The monoisotopic (exact) mass is 149 g/mol. The maximum absolute atomic E-state index is 4.30. The van der Waals surface area contributed by atoms with Crippen molar-refractivity contribution in [2.75, 3.05) is 0 Å². The average Bonchev–Trinajstić information content (AvgIpc) is 2.60. The van der Waals surface area contributed by atoms with Gasteiger partial charge in [-0.2, -0.15) is 0 Å². The molecule has 3 saturated carbocycles. The molecule has 0 nitrogen and oxygen atoms in total. The summed E-state index contributed by atoms with van der Waals surface area (Å²) in [7, 11) is 0. The summed E-state index contributed by atoms with van der Waals surface area (Å²) in [6.07, 6.45) is 7.61. The molecule has 0 aromatic heterocycles. The minimum Gasteiger partial charge on any atom is -0.0499 e. The van der Waals surface area contributed by atoms with E-state index in [1.165, 1.54) is 19.3 Å². The van der Waals surface area contributed by atoms with Crippen LogP contribution < -0.4 is 0 Å². The number of fused-ring (bicyclic) bond motifs is 5. The van der Waals surface area contributed by atoms with Gasteiger partial charge < -0.3 is 0 Å². The summed E-state index contributed by atoms with van der Waals surface area (Å²) >= 11 is 0. The first kappa shape index (κ1) is 6.51. The second-order valence-corrected chi connectivity index (χ2v) is 4.91. The standard InChI is InChI=1S/C11H17/c1-7-2-5-10-8-3-4-9(6-8)11(7)10/h7-11H,1-6H2. The fraction of sp³-hybridized carbons (Fsp3) is 0.909. The second kappa shape index (κ2) is 2.02. The molecule has 3 aliphatic carbocycles. The third-order valence-corrected chi connectivity index (χ3v) is 4.57. The van der Waals surface area contributed by atoms with E-state index in [1.807, 2.05) is 0 Å². The first-order chi connectivity index (χ1) is 5.36. The van der Waals surface area contributed by atoms with Crippen LogP contribution in [0.2, 0.25) is 0 Å². The molecule has 5 atom stereocenters. The SMILES string of the molecule is [CH2]C1CCC2C3CCC(C3)C12. The molecular formula is C11H17. The Hall–Kier alpha value is 0. The van der Waals surface area contributed by atoms with Crippen LogP contribution in [0.1, 0.15) is 32.1 Å². The Morgan fingerprint density at radius 2 is 1.73 bits per heavy atom. The molecule has 0 heterocycles. The zero-order chi connectivity index (χ0) is 7.42. The van der Waals surface area contributed by atoms with Crippen molar-refractivity contribution in [2.45, 2.75) is 32.1 Å². The van der Waals surface area contributed by atoms with Crippen molar-refractivity contribution in [3.63, 3.8) is 0 Å². The van der Waals surface area contributed by atoms with Crippen LogP contribution in [0.25, 0.3) is 0 Å². The van der Waals surface area contributed by atoms with Crippen molar-refractivity contribution in [2.24, 2.45) is 29.6 Å². The third kappa shape index (κ3) is 0.711. The van der Waals surface area contributed by atoms with Crippen molar-refractivity contribution in [3.05, 3.63) is 6.92 Å². The maximum Gasteiger partial charge on any atom is -0.0326 e. The summed E-state index contributed by atoms with van der Waals surface area (Å²) < 4.78 is 0. The van der Waals surface area contributed by atoms with E-state index in [2.05, 4.69) is 6.92 Å². The van der Waals surface area contributed by atoms with Crippen LogP contribution >= 0.6 is 0 Å². The van der Waals surface area contributed by atoms with Gasteiger partial charge in [-0.1, -0.05) is 0 Å². The Labute approximate surface area is 69.4 Å². The van der Waals surface area contributed by atoms with E-state index in [4.69, 9.17) is 0 Å². The van der Waals surface area contributed by atoms with Gasteiger partial charge in [-0.05, 0) is 68.6 Å². The lowest BCUT2D eigenvalue weighted by atomic mass is 9.79. The summed E-state index contributed by atoms with van der Waals surface area (Å²) in [5, 5.41) is 0. The smallest absolute Gasteiger partial charge is 0.0326 e. The van der Waals surface area contributed by atoms with Crippen LogP contribution in [-0.4, -0.2) is 0 Å². The van der Waals surface area contributed by atoms with Gasteiger partial charge in [-0.3, -0.25) is 0 Å². The number of hydrogen-bond acceptors (Lipinski definition) is 0. The first-order valence-electron chi connectivity index (χ1n) is 5.19. The predicted octanol–water partition coefficient (Wildman–Crippen LogP) is 2.89. The Morgan fingerprint density at radius 3 is 2.55 bits per heavy atom. The molecule has 1 radical (unpaired) electrons. The van der Waals surface area contributed by atoms with Gasteiger partial charge in [0.2, 0.25) is 0 Å². The Balaban J connectivity index is 1.91. The highest BCUT2D eigenvalue weighted by Gasteiger charge is 2.51. The predicted molar refractivity (Wildman–Crippen MR) is 45.9 cm³/mol. The maximum atomic E-state index is 4.30. The zero-order valence-corrected chi connectivity index (χ0v) is 7.13. The topological polar surface area (TPSA) is 0 Å². The van der Waals surface area contributed by atoms with Crippen molar-refractivity contribution < 1.29 is 0 Å². The minimum absolute atomic E-state index is 0.829. The number of hydrogen-bond donors (Lipinski definition) is 0. The van der Waals surface area contributed by atoms with Crippen LogP contribution in [0.5, 0.6) is 0 Å². The van der Waals surface area contributed by atoms with E-state index >= 15 is 0 Å². The van der Waals surface area contributed by atoms with E-state index in [1.54, 1.807) is 12.8 Å². The van der Waals surface area contributed by atoms with Crippen LogP contribution in [0.3, 0.4) is 0 Å². The quantitative estimate of drug-likeness (QED) is 0.497. The molecule has 0 amide bonds. The molecule has 2 bridgehead atoms. The highest BCUT2D eigenvalue weighted by Crippen LogP contribution is 2.60. The van der Waals surface area contributed by atoms with Crippen molar-refractivity contribution in [1.29, 1.82) is 0 Å². The van der Waals surface area contributed by atoms with E-state index in [0.717, 1.165) is 29.6 Å². The summed E-state index contributed by atoms with van der Waals surface area (Å²) in [4.78, 5) is 0. The van der Waals surface area contributed by atoms with Gasteiger partial charge in [0.25, 0.3) is 0 Å². The molecule has 0 spiro atoms. The molecule has 0 heteroatoms. The third-order valence-electron chi connectivity index (χ3n) is 4.57. The summed E-state index contributed by atoms with van der Waals surface area (Å²) in [5.41, 5.74) is 0. The first-order valence-corrected chi connectivity index (χ1v) is 5.19. The van der Waals surface area contributed by atoms with Crippen LogP contribution in [-0.2, 0) is 0 Å². The van der Waals surface area contributed by atoms with Crippen molar-refractivity contribution in [1.82, 2.24) is 0 Å².